The molecular formula is C14H14Cl2OS. The van der Waals surface area contributed by atoms with Crippen molar-refractivity contribution in [3.8, 4) is 5.75 Å². The Hall–Kier alpha value is -0.700. The third-order valence-electron chi connectivity index (χ3n) is 2.82. The summed E-state index contributed by atoms with van der Waals surface area (Å²) in [5, 5.41) is -0.161. The summed E-state index contributed by atoms with van der Waals surface area (Å²) < 4.78 is 6.12. The van der Waals surface area contributed by atoms with E-state index in [2.05, 4.69) is 12.1 Å². The molecule has 0 radical (unpaired) electrons. The minimum Gasteiger partial charge on any atom is -0.496 e. The normalized spacial score (nSPS) is 12.5. The van der Waals surface area contributed by atoms with Gasteiger partial charge in [-0.15, -0.1) is 22.9 Å². The lowest BCUT2D eigenvalue weighted by atomic mass is 10.0. The van der Waals surface area contributed by atoms with Crippen LogP contribution in [0.3, 0.4) is 0 Å². The molecule has 1 aromatic carbocycles. The van der Waals surface area contributed by atoms with Crippen LogP contribution >= 0.6 is 34.5 Å². The van der Waals surface area contributed by atoms with Gasteiger partial charge >= 0.3 is 0 Å². The number of halogens is 2. The van der Waals surface area contributed by atoms with Crippen molar-refractivity contribution in [1.82, 2.24) is 0 Å². The average Bonchev–Trinajstić information content (AvgIpc) is 2.74. The zero-order chi connectivity index (χ0) is 13.3. The van der Waals surface area contributed by atoms with Crippen molar-refractivity contribution in [2.75, 3.05) is 7.11 Å². The highest BCUT2D eigenvalue weighted by Gasteiger charge is 2.15. The van der Waals surface area contributed by atoms with Gasteiger partial charge in [0.15, 0.2) is 0 Å². The summed E-state index contributed by atoms with van der Waals surface area (Å²) in [4.78, 5) is 1.06. The highest BCUT2D eigenvalue weighted by Crippen LogP contribution is 2.37. The Morgan fingerprint density at radius 2 is 1.78 bits per heavy atom. The van der Waals surface area contributed by atoms with Crippen LogP contribution in [0.25, 0.3) is 0 Å². The molecule has 1 aromatic heterocycles. The van der Waals surface area contributed by atoms with Crippen molar-refractivity contribution in [1.29, 1.82) is 0 Å². The molecular weight excluding hydrogens is 287 g/mol. The lowest BCUT2D eigenvalue weighted by molar-refractivity contribution is 0.408. The van der Waals surface area contributed by atoms with E-state index in [0.29, 0.717) is 0 Å². The predicted octanol–water partition coefficient (Wildman–Crippen LogP) is 5.36. The molecule has 1 heterocycles. The molecule has 1 nitrogen and oxygen atoms in total. The average molecular weight is 301 g/mol. The zero-order valence-electron chi connectivity index (χ0n) is 10.5. The molecule has 1 atom stereocenters. The Labute approximate surface area is 121 Å². The Kier molecular flexibility index (Phi) is 4.21. The minimum atomic E-state index is -0.161. The van der Waals surface area contributed by atoms with Crippen LogP contribution in [0.4, 0.5) is 0 Å². The van der Waals surface area contributed by atoms with Crippen molar-refractivity contribution in [3.05, 3.63) is 50.2 Å². The maximum atomic E-state index is 6.50. The Morgan fingerprint density at radius 1 is 1.17 bits per heavy atom. The second-order valence-electron chi connectivity index (χ2n) is 4.19. The van der Waals surface area contributed by atoms with Crippen LogP contribution in [-0.2, 0) is 0 Å². The van der Waals surface area contributed by atoms with Crippen LogP contribution in [-0.4, -0.2) is 7.11 Å². The molecule has 0 aliphatic rings. The first-order chi connectivity index (χ1) is 8.52. The molecule has 18 heavy (non-hydrogen) atoms. The lowest BCUT2D eigenvalue weighted by Crippen LogP contribution is -1.96. The van der Waals surface area contributed by atoms with Crippen molar-refractivity contribution >= 4 is 34.5 Å². The molecule has 0 N–H and O–H groups in total. The summed E-state index contributed by atoms with van der Waals surface area (Å²) in [5.74, 6) is 0.923. The number of hydrogen-bond acceptors (Lipinski definition) is 2. The molecule has 0 aliphatic heterocycles. The second-order valence-corrected chi connectivity index (χ2v) is 6.38. The van der Waals surface area contributed by atoms with Crippen LogP contribution in [0.2, 0.25) is 4.34 Å². The highest BCUT2D eigenvalue weighted by molar-refractivity contribution is 7.16. The van der Waals surface area contributed by atoms with Gasteiger partial charge in [0.05, 0.1) is 16.8 Å². The highest BCUT2D eigenvalue weighted by atomic mass is 35.5. The topological polar surface area (TPSA) is 9.23 Å². The van der Waals surface area contributed by atoms with Gasteiger partial charge in [-0.3, -0.25) is 0 Å². The third kappa shape index (κ3) is 2.66. The number of thiophene rings is 1. The van der Waals surface area contributed by atoms with E-state index >= 15 is 0 Å². The van der Waals surface area contributed by atoms with E-state index in [1.54, 1.807) is 7.11 Å². The number of alkyl halides is 1. The van der Waals surface area contributed by atoms with E-state index in [0.717, 1.165) is 31.7 Å². The zero-order valence-corrected chi connectivity index (χ0v) is 12.8. The third-order valence-corrected chi connectivity index (χ3v) is 4.74. The van der Waals surface area contributed by atoms with E-state index in [1.807, 2.05) is 26.0 Å². The minimum absolute atomic E-state index is 0.161. The largest absolute Gasteiger partial charge is 0.496 e. The molecule has 2 rings (SSSR count). The first kappa shape index (κ1) is 13.7. The molecule has 96 valence electrons. The van der Waals surface area contributed by atoms with Gasteiger partial charge in [-0.05, 0) is 42.7 Å². The second kappa shape index (κ2) is 5.52. The molecule has 0 amide bonds. The van der Waals surface area contributed by atoms with Crippen molar-refractivity contribution in [2.45, 2.75) is 19.2 Å². The van der Waals surface area contributed by atoms with Crippen LogP contribution in [0.15, 0.2) is 24.3 Å². The molecule has 0 spiro atoms. The number of hydrogen-bond donors (Lipinski definition) is 0. The molecule has 0 saturated heterocycles. The number of benzene rings is 1. The first-order valence-electron chi connectivity index (χ1n) is 5.57. The summed E-state index contributed by atoms with van der Waals surface area (Å²) >= 11 is 14.0. The molecule has 0 fully saturated rings. The smallest absolute Gasteiger partial charge is 0.124 e. The molecule has 0 aliphatic carbocycles. The van der Waals surface area contributed by atoms with E-state index in [4.69, 9.17) is 27.9 Å². The maximum Gasteiger partial charge on any atom is 0.124 e. The summed E-state index contributed by atoms with van der Waals surface area (Å²) in [6, 6.07) is 7.98. The summed E-state index contributed by atoms with van der Waals surface area (Å²) in [7, 11) is 1.69. The number of rotatable bonds is 3. The van der Waals surface area contributed by atoms with Gasteiger partial charge < -0.3 is 4.74 Å². The van der Waals surface area contributed by atoms with Crippen molar-refractivity contribution < 1.29 is 4.74 Å². The number of methoxy groups -OCH3 is 1. The van der Waals surface area contributed by atoms with Crippen molar-refractivity contribution in [2.24, 2.45) is 0 Å². The first-order valence-corrected chi connectivity index (χ1v) is 7.20. The summed E-state index contributed by atoms with van der Waals surface area (Å²) in [5.41, 5.74) is 3.27. The molecule has 1 unspecified atom stereocenters. The SMILES string of the molecule is COc1c(C)cc(C(Cl)c2ccc(Cl)s2)cc1C. The van der Waals surface area contributed by atoms with E-state index < -0.39 is 0 Å². The van der Waals surface area contributed by atoms with Gasteiger partial charge in [0, 0.05) is 4.88 Å². The molecule has 0 bridgehead atoms. The fourth-order valence-corrected chi connectivity index (χ4v) is 3.48. The van der Waals surface area contributed by atoms with Gasteiger partial charge in [0.2, 0.25) is 0 Å². The molecule has 2 aromatic rings. The maximum absolute atomic E-state index is 6.50. The fourth-order valence-electron chi connectivity index (χ4n) is 2.08. The number of aryl methyl sites for hydroxylation is 2. The van der Waals surface area contributed by atoms with Crippen LogP contribution in [0.1, 0.15) is 26.9 Å². The van der Waals surface area contributed by atoms with Gasteiger partial charge in [-0.2, -0.15) is 0 Å². The predicted molar refractivity (Wildman–Crippen MR) is 79.5 cm³/mol. The molecule has 4 heteroatoms. The van der Waals surface area contributed by atoms with E-state index in [1.165, 1.54) is 11.3 Å². The lowest BCUT2D eigenvalue weighted by Gasteiger charge is -2.14. The van der Waals surface area contributed by atoms with Gasteiger partial charge in [0.25, 0.3) is 0 Å². The number of ether oxygens (including phenoxy) is 1. The van der Waals surface area contributed by atoms with Crippen molar-refractivity contribution in [3.63, 3.8) is 0 Å². The van der Waals surface area contributed by atoms with Crippen LogP contribution in [0, 0.1) is 13.8 Å². The van der Waals surface area contributed by atoms with Crippen LogP contribution < -0.4 is 4.74 Å². The molecule has 0 saturated carbocycles. The van der Waals surface area contributed by atoms with Crippen LogP contribution in [0.5, 0.6) is 5.75 Å². The monoisotopic (exact) mass is 300 g/mol. The van der Waals surface area contributed by atoms with Gasteiger partial charge in [-0.1, -0.05) is 23.7 Å². The summed E-state index contributed by atoms with van der Waals surface area (Å²) in [6.45, 7) is 4.06. The van der Waals surface area contributed by atoms with E-state index in [9.17, 15) is 0 Å². The summed E-state index contributed by atoms with van der Waals surface area (Å²) in [6.07, 6.45) is 0. The Bertz CT molecular complexity index is 540. The van der Waals surface area contributed by atoms with Gasteiger partial charge in [-0.25, -0.2) is 0 Å². The fraction of sp³-hybridized carbons (Fsp3) is 0.286. The Balaban J connectivity index is 2.40. The standard InChI is InChI=1S/C14H14Cl2OS/c1-8-6-10(7-9(2)14(8)17-3)13(16)11-4-5-12(15)18-11/h4-7,13H,1-3H3. The van der Waals surface area contributed by atoms with E-state index in [-0.39, 0.29) is 5.38 Å². The van der Waals surface area contributed by atoms with Gasteiger partial charge in [0.1, 0.15) is 5.75 Å². The Morgan fingerprint density at radius 3 is 2.22 bits per heavy atom. The quantitative estimate of drug-likeness (QED) is 0.694.